The Kier molecular flexibility index (Phi) is 7.43. The summed E-state index contributed by atoms with van der Waals surface area (Å²) in [6.07, 6.45) is -1.30. The highest BCUT2D eigenvalue weighted by Gasteiger charge is 2.27. The summed E-state index contributed by atoms with van der Waals surface area (Å²) in [7, 11) is -4.05. The van der Waals surface area contributed by atoms with E-state index >= 15 is 0 Å². The van der Waals surface area contributed by atoms with Gasteiger partial charge in [-0.3, -0.25) is 0 Å². The molecule has 9 heteroatoms. The SMILES string of the molecule is CC(C)c1cc(C#N)cc(C(C)C)c1CC(O)NS(=O)(=O)c1nc(C(C)(C)O)cs1. The highest BCUT2D eigenvalue weighted by molar-refractivity contribution is 7.91. The highest BCUT2D eigenvalue weighted by atomic mass is 32.2. The number of sulfonamides is 1. The van der Waals surface area contributed by atoms with E-state index in [1.54, 1.807) is 12.1 Å². The van der Waals surface area contributed by atoms with Crippen molar-refractivity contribution < 1.29 is 18.6 Å². The van der Waals surface area contributed by atoms with Crippen molar-refractivity contribution in [2.24, 2.45) is 0 Å². The number of nitrogens with one attached hydrogen (secondary N) is 1. The molecule has 2 aromatic rings. The van der Waals surface area contributed by atoms with Gasteiger partial charge in [0.05, 0.1) is 17.3 Å². The molecule has 0 aliphatic rings. The molecule has 30 heavy (non-hydrogen) atoms. The van der Waals surface area contributed by atoms with E-state index in [0.29, 0.717) is 5.56 Å². The van der Waals surface area contributed by atoms with Crippen LogP contribution in [0, 0.1) is 11.3 Å². The molecular weight excluding hydrogens is 422 g/mol. The third kappa shape index (κ3) is 5.65. The summed E-state index contributed by atoms with van der Waals surface area (Å²) in [6, 6.07) is 5.76. The van der Waals surface area contributed by atoms with Crippen LogP contribution in [0.25, 0.3) is 0 Å². The van der Waals surface area contributed by atoms with Gasteiger partial charge in [-0.1, -0.05) is 27.7 Å². The normalized spacial score (nSPS) is 13.6. The fourth-order valence-electron chi connectivity index (χ4n) is 3.17. The molecule has 0 saturated carbocycles. The quantitative estimate of drug-likeness (QED) is 0.529. The average Bonchev–Trinajstić information content (AvgIpc) is 3.12. The monoisotopic (exact) mass is 451 g/mol. The van der Waals surface area contributed by atoms with E-state index in [4.69, 9.17) is 0 Å². The first-order valence-electron chi connectivity index (χ1n) is 9.71. The van der Waals surface area contributed by atoms with Crippen LogP contribution >= 0.6 is 11.3 Å². The number of thiazole rings is 1. The van der Waals surface area contributed by atoms with Crippen molar-refractivity contribution in [3.63, 3.8) is 0 Å². The molecule has 0 amide bonds. The molecule has 1 atom stereocenters. The van der Waals surface area contributed by atoms with Crippen LogP contribution in [-0.4, -0.2) is 29.8 Å². The van der Waals surface area contributed by atoms with Crippen molar-refractivity contribution in [2.75, 3.05) is 0 Å². The highest BCUT2D eigenvalue weighted by Crippen LogP contribution is 2.31. The number of hydrogen-bond acceptors (Lipinski definition) is 7. The van der Waals surface area contributed by atoms with Crippen LogP contribution in [-0.2, 0) is 22.0 Å². The summed E-state index contributed by atoms with van der Waals surface area (Å²) < 4.78 is 27.4. The van der Waals surface area contributed by atoms with Crippen molar-refractivity contribution in [2.45, 2.75) is 76.0 Å². The predicted molar refractivity (Wildman–Crippen MR) is 117 cm³/mol. The van der Waals surface area contributed by atoms with E-state index in [2.05, 4.69) is 15.8 Å². The molecule has 0 saturated heterocycles. The molecular formula is C21H29N3O4S2. The molecule has 0 bridgehead atoms. The Labute approximate surface area is 182 Å². The van der Waals surface area contributed by atoms with Gasteiger partial charge < -0.3 is 10.2 Å². The standard InChI is InChI=1S/C21H29N3O4S2/c1-12(2)15-7-14(10-22)8-16(13(3)4)17(15)9-19(25)24-30(27,28)20-23-18(11-29-20)21(5,6)26/h7-8,11-13,19,24-26H,9H2,1-6H3. The molecule has 1 heterocycles. The molecule has 0 aliphatic heterocycles. The van der Waals surface area contributed by atoms with Gasteiger partial charge in [0.1, 0.15) is 11.8 Å². The molecule has 1 unspecified atom stereocenters. The number of nitriles is 1. The predicted octanol–water partition coefficient (Wildman–Crippen LogP) is 3.33. The van der Waals surface area contributed by atoms with Gasteiger partial charge in [0.2, 0.25) is 4.34 Å². The van der Waals surface area contributed by atoms with E-state index < -0.39 is 21.9 Å². The third-order valence-corrected chi connectivity index (χ3v) is 7.43. The average molecular weight is 452 g/mol. The van der Waals surface area contributed by atoms with Crippen LogP contribution in [0.1, 0.15) is 81.3 Å². The minimum atomic E-state index is -4.05. The maximum atomic E-state index is 12.7. The molecule has 0 aliphatic carbocycles. The Bertz CT molecular complexity index is 1020. The zero-order chi connectivity index (χ0) is 22.9. The van der Waals surface area contributed by atoms with Gasteiger partial charge in [0, 0.05) is 11.8 Å². The Hall–Kier alpha value is -1.83. The Morgan fingerprint density at radius 1 is 1.20 bits per heavy atom. The number of aliphatic hydroxyl groups is 2. The Morgan fingerprint density at radius 2 is 1.73 bits per heavy atom. The Morgan fingerprint density at radius 3 is 2.13 bits per heavy atom. The summed E-state index contributed by atoms with van der Waals surface area (Å²) in [6.45, 7) is 11.0. The van der Waals surface area contributed by atoms with Gasteiger partial charge in [-0.25, -0.2) is 13.4 Å². The summed E-state index contributed by atoms with van der Waals surface area (Å²) in [5.41, 5.74) is 2.19. The number of aromatic nitrogens is 1. The smallest absolute Gasteiger partial charge is 0.270 e. The van der Waals surface area contributed by atoms with Crippen LogP contribution in [0.5, 0.6) is 0 Å². The van der Waals surface area contributed by atoms with Crippen molar-refractivity contribution >= 4 is 21.4 Å². The summed E-state index contributed by atoms with van der Waals surface area (Å²) in [4.78, 5) is 4.00. The molecule has 1 aromatic carbocycles. The van der Waals surface area contributed by atoms with Crippen LogP contribution in [0.15, 0.2) is 21.9 Å². The minimum Gasteiger partial charge on any atom is -0.384 e. The van der Waals surface area contributed by atoms with Crippen molar-refractivity contribution in [3.8, 4) is 6.07 Å². The molecule has 3 N–H and O–H groups in total. The van der Waals surface area contributed by atoms with Gasteiger partial charge in [-0.05, 0) is 54.5 Å². The van der Waals surface area contributed by atoms with Gasteiger partial charge in [-0.15, -0.1) is 11.3 Å². The molecule has 2 rings (SSSR count). The fraction of sp³-hybridized carbons (Fsp3) is 0.524. The first-order valence-corrected chi connectivity index (χ1v) is 12.1. The molecule has 0 radical (unpaired) electrons. The molecule has 1 aromatic heterocycles. The molecule has 0 fully saturated rings. The van der Waals surface area contributed by atoms with Gasteiger partial charge in [0.25, 0.3) is 10.0 Å². The Balaban J connectivity index is 2.34. The second-order valence-electron chi connectivity index (χ2n) is 8.45. The lowest BCUT2D eigenvalue weighted by molar-refractivity contribution is 0.0741. The van der Waals surface area contributed by atoms with Gasteiger partial charge in [0.15, 0.2) is 0 Å². The van der Waals surface area contributed by atoms with Gasteiger partial charge >= 0.3 is 0 Å². The summed E-state index contributed by atoms with van der Waals surface area (Å²) >= 11 is 0.884. The van der Waals surface area contributed by atoms with Crippen LogP contribution in [0.4, 0.5) is 0 Å². The summed E-state index contributed by atoms with van der Waals surface area (Å²) in [5, 5.41) is 31.4. The van der Waals surface area contributed by atoms with E-state index in [1.807, 2.05) is 27.7 Å². The van der Waals surface area contributed by atoms with Crippen molar-refractivity contribution in [3.05, 3.63) is 45.5 Å². The first-order chi connectivity index (χ1) is 13.8. The van der Waals surface area contributed by atoms with E-state index in [0.717, 1.165) is 28.0 Å². The van der Waals surface area contributed by atoms with Crippen molar-refractivity contribution in [1.82, 2.24) is 9.71 Å². The number of rotatable bonds is 8. The third-order valence-electron chi connectivity index (χ3n) is 4.72. The largest absolute Gasteiger partial charge is 0.384 e. The molecule has 164 valence electrons. The van der Waals surface area contributed by atoms with E-state index in [1.165, 1.54) is 19.2 Å². The maximum Gasteiger partial charge on any atom is 0.270 e. The molecule has 0 spiro atoms. The van der Waals surface area contributed by atoms with Crippen LogP contribution in [0.2, 0.25) is 0 Å². The maximum absolute atomic E-state index is 12.7. The fourth-order valence-corrected chi connectivity index (χ4v) is 5.44. The molecule has 7 nitrogen and oxygen atoms in total. The number of hydrogen-bond donors (Lipinski definition) is 3. The lowest BCUT2D eigenvalue weighted by Crippen LogP contribution is -2.36. The second-order valence-corrected chi connectivity index (χ2v) is 11.2. The zero-order valence-electron chi connectivity index (χ0n) is 18.1. The summed E-state index contributed by atoms with van der Waals surface area (Å²) in [5.74, 6) is 0.200. The van der Waals surface area contributed by atoms with E-state index in [-0.39, 0.29) is 28.3 Å². The van der Waals surface area contributed by atoms with Crippen molar-refractivity contribution in [1.29, 1.82) is 5.26 Å². The lowest BCUT2D eigenvalue weighted by atomic mass is 9.85. The number of nitrogens with zero attached hydrogens (tertiary/aromatic N) is 2. The number of aliphatic hydroxyl groups excluding tert-OH is 1. The lowest BCUT2D eigenvalue weighted by Gasteiger charge is -2.22. The van der Waals surface area contributed by atoms with Crippen LogP contribution in [0.3, 0.4) is 0 Å². The second kappa shape index (κ2) is 9.12. The topological polar surface area (TPSA) is 123 Å². The van der Waals surface area contributed by atoms with Crippen LogP contribution < -0.4 is 4.72 Å². The minimum absolute atomic E-state index is 0.0652. The zero-order valence-corrected chi connectivity index (χ0v) is 19.7. The first kappa shape index (κ1) is 24.4. The number of benzene rings is 1. The van der Waals surface area contributed by atoms with E-state index in [9.17, 15) is 23.9 Å². The van der Waals surface area contributed by atoms with Gasteiger partial charge in [-0.2, -0.15) is 9.98 Å².